The maximum atomic E-state index is 12.7. The van der Waals surface area contributed by atoms with Gasteiger partial charge in [-0.2, -0.15) is 0 Å². The number of aliphatic carboxylic acids is 1. The van der Waals surface area contributed by atoms with Gasteiger partial charge in [-0.15, -0.1) is 0 Å². The third kappa shape index (κ3) is 3.75. The second-order valence-electron chi connectivity index (χ2n) is 8.34. The lowest BCUT2D eigenvalue weighted by Gasteiger charge is -2.31. The summed E-state index contributed by atoms with van der Waals surface area (Å²) in [5, 5.41) is 12.3. The Morgan fingerprint density at radius 3 is 2.39 bits per heavy atom. The van der Waals surface area contributed by atoms with Crippen molar-refractivity contribution in [2.75, 3.05) is 0 Å². The lowest BCUT2D eigenvalue weighted by molar-refractivity contribution is -0.142. The average Bonchev–Trinajstić information content (AvgIpc) is 3.05. The minimum absolute atomic E-state index is 0.0600. The van der Waals surface area contributed by atoms with E-state index in [1.54, 1.807) is 12.4 Å². The molecule has 0 atom stereocenters. The summed E-state index contributed by atoms with van der Waals surface area (Å²) in [5.74, 6) is 0.727. The van der Waals surface area contributed by atoms with Gasteiger partial charge in [0.05, 0.1) is 17.6 Å². The molecule has 0 bridgehead atoms. The number of fused-ring (bicyclic) bond motifs is 1. The number of hydrogen-bond donors (Lipinski definition) is 2. The summed E-state index contributed by atoms with van der Waals surface area (Å²) in [6, 6.07) is 2.12. The Bertz CT molecular complexity index is 862. The van der Waals surface area contributed by atoms with Crippen molar-refractivity contribution < 1.29 is 14.7 Å². The number of hydrogen-bond acceptors (Lipinski definition) is 4. The van der Waals surface area contributed by atoms with E-state index in [-0.39, 0.29) is 23.8 Å². The average molecular weight is 384 g/mol. The predicted octanol–water partition coefficient (Wildman–Crippen LogP) is 3.00. The van der Waals surface area contributed by atoms with Gasteiger partial charge < -0.3 is 15.0 Å². The fourth-order valence-corrected chi connectivity index (χ4v) is 4.85. The van der Waals surface area contributed by atoms with Crippen molar-refractivity contribution in [1.29, 1.82) is 0 Å². The molecule has 0 radical (unpaired) electrons. The van der Waals surface area contributed by atoms with Crippen LogP contribution in [-0.2, 0) is 16.6 Å². The third-order valence-corrected chi connectivity index (χ3v) is 6.60. The van der Waals surface area contributed by atoms with Gasteiger partial charge in [0.15, 0.2) is 0 Å². The van der Waals surface area contributed by atoms with Gasteiger partial charge in [0.2, 0.25) is 5.91 Å². The van der Waals surface area contributed by atoms with Crippen LogP contribution < -0.4 is 5.32 Å². The van der Waals surface area contributed by atoms with Gasteiger partial charge >= 0.3 is 5.97 Å². The first kappa shape index (κ1) is 18.9. The highest BCUT2D eigenvalue weighted by atomic mass is 16.4. The maximum absolute atomic E-state index is 12.7. The number of carboxylic acids is 1. The number of amides is 1. The SMILES string of the molecule is Cn1c(C2CCC(C(=O)N[C@H]3CC[C@H](C(=O)O)CC3)CC2)nc2cnccc21. The molecule has 2 N–H and O–H groups in total. The first-order valence-corrected chi connectivity index (χ1v) is 10.3. The smallest absolute Gasteiger partial charge is 0.306 e. The van der Waals surface area contributed by atoms with Crippen LogP contribution >= 0.6 is 0 Å². The van der Waals surface area contributed by atoms with Crippen LogP contribution in [0.2, 0.25) is 0 Å². The van der Waals surface area contributed by atoms with Crippen molar-refractivity contribution >= 4 is 22.9 Å². The normalized spacial score (nSPS) is 28.2. The molecular weight excluding hydrogens is 356 g/mol. The minimum Gasteiger partial charge on any atom is -0.481 e. The van der Waals surface area contributed by atoms with Gasteiger partial charge in [-0.05, 0) is 57.4 Å². The highest BCUT2D eigenvalue weighted by molar-refractivity contribution is 5.79. The zero-order valence-corrected chi connectivity index (χ0v) is 16.3. The summed E-state index contributed by atoms with van der Waals surface area (Å²) in [6.07, 6.45) is 10.1. The second-order valence-corrected chi connectivity index (χ2v) is 8.34. The van der Waals surface area contributed by atoms with Crippen LogP contribution in [0.3, 0.4) is 0 Å². The monoisotopic (exact) mass is 384 g/mol. The van der Waals surface area contributed by atoms with Crippen LogP contribution in [0.15, 0.2) is 18.5 Å². The summed E-state index contributed by atoms with van der Waals surface area (Å²) in [4.78, 5) is 32.7. The van der Waals surface area contributed by atoms with Crippen molar-refractivity contribution in [2.45, 2.75) is 63.3 Å². The Labute approximate surface area is 164 Å². The van der Waals surface area contributed by atoms with Gasteiger partial charge in [-0.25, -0.2) is 4.98 Å². The lowest BCUT2D eigenvalue weighted by atomic mass is 9.80. The number of carbonyl (C=O) groups excluding carboxylic acids is 1. The molecule has 7 heteroatoms. The number of carboxylic acid groups (broad SMARTS) is 1. The number of aryl methyl sites for hydroxylation is 1. The standard InChI is InChI=1S/C21H28N4O3/c1-25-18-10-11-22-12-17(18)24-19(25)13-2-4-14(5-3-13)20(26)23-16-8-6-15(7-9-16)21(27)28/h10-16H,2-9H2,1H3,(H,23,26)(H,27,28)/t13?,14?,15-,16-. The van der Waals surface area contributed by atoms with Crippen LogP contribution in [0.4, 0.5) is 0 Å². The molecule has 0 aliphatic heterocycles. The number of nitrogens with one attached hydrogen (secondary N) is 1. The quantitative estimate of drug-likeness (QED) is 0.845. The van der Waals surface area contributed by atoms with E-state index in [4.69, 9.17) is 10.1 Å². The Morgan fingerprint density at radius 1 is 1.07 bits per heavy atom. The van der Waals surface area contributed by atoms with E-state index in [2.05, 4.69) is 21.9 Å². The molecule has 0 unspecified atom stereocenters. The summed E-state index contributed by atoms with van der Waals surface area (Å²) in [7, 11) is 2.05. The summed E-state index contributed by atoms with van der Waals surface area (Å²) in [6.45, 7) is 0. The molecule has 0 saturated heterocycles. The Morgan fingerprint density at radius 2 is 1.75 bits per heavy atom. The van der Waals surface area contributed by atoms with Crippen LogP contribution in [0.5, 0.6) is 0 Å². The summed E-state index contributed by atoms with van der Waals surface area (Å²) < 4.78 is 2.16. The lowest BCUT2D eigenvalue weighted by Crippen LogP contribution is -2.42. The summed E-state index contributed by atoms with van der Waals surface area (Å²) in [5.41, 5.74) is 2.03. The molecule has 2 aromatic rings. The van der Waals surface area contributed by atoms with E-state index in [1.165, 1.54) is 0 Å². The summed E-state index contributed by atoms with van der Waals surface area (Å²) >= 11 is 0. The van der Waals surface area contributed by atoms with Crippen LogP contribution in [0.1, 0.15) is 63.1 Å². The van der Waals surface area contributed by atoms with E-state index in [9.17, 15) is 9.59 Å². The molecule has 0 spiro atoms. The molecule has 150 valence electrons. The van der Waals surface area contributed by atoms with E-state index >= 15 is 0 Å². The van der Waals surface area contributed by atoms with Crippen molar-refractivity contribution in [1.82, 2.24) is 19.9 Å². The molecular formula is C21H28N4O3. The molecule has 4 rings (SSSR count). The van der Waals surface area contributed by atoms with E-state index < -0.39 is 5.97 Å². The number of carbonyl (C=O) groups is 2. The molecule has 2 aliphatic carbocycles. The van der Waals surface area contributed by atoms with Gasteiger partial charge in [0.1, 0.15) is 11.3 Å². The number of rotatable bonds is 4. The van der Waals surface area contributed by atoms with E-state index in [0.717, 1.165) is 55.4 Å². The van der Waals surface area contributed by atoms with Gasteiger partial charge in [-0.1, -0.05) is 0 Å². The van der Waals surface area contributed by atoms with E-state index in [0.29, 0.717) is 18.8 Å². The fourth-order valence-electron chi connectivity index (χ4n) is 4.85. The molecule has 7 nitrogen and oxygen atoms in total. The van der Waals surface area contributed by atoms with Crippen molar-refractivity contribution in [3.63, 3.8) is 0 Å². The molecule has 2 aromatic heterocycles. The van der Waals surface area contributed by atoms with Gasteiger partial charge in [0.25, 0.3) is 0 Å². The molecule has 2 fully saturated rings. The third-order valence-electron chi connectivity index (χ3n) is 6.60. The molecule has 28 heavy (non-hydrogen) atoms. The largest absolute Gasteiger partial charge is 0.481 e. The first-order chi connectivity index (χ1) is 13.5. The molecule has 2 heterocycles. The Balaban J connectivity index is 1.31. The molecule has 2 aliphatic rings. The van der Waals surface area contributed by atoms with Crippen LogP contribution in [0, 0.1) is 11.8 Å². The highest BCUT2D eigenvalue weighted by Crippen LogP contribution is 2.36. The zero-order valence-electron chi connectivity index (χ0n) is 16.3. The highest BCUT2D eigenvalue weighted by Gasteiger charge is 2.32. The molecule has 1 amide bonds. The van der Waals surface area contributed by atoms with Crippen LogP contribution in [0.25, 0.3) is 11.0 Å². The number of nitrogens with zero attached hydrogens (tertiary/aromatic N) is 3. The Kier molecular flexibility index (Phi) is 5.33. The number of aromatic nitrogens is 3. The van der Waals surface area contributed by atoms with E-state index in [1.807, 2.05) is 6.07 Å². The predicted molar refractivity (Wildman–Crippen MR) is 105 cm³/mol. The van der Waals surface area contributed by atoms with Gasteiger partial charge in [-0.3, -0.25) is 14.6 Å². The first-order valence-electron chi connectivity index (χ1n) is 10.3. The second kappa shape index (κ2) is 7.89. The topological polar surface area (TPSA) is 97.1 Å². The number of pyridine rings is 1. The zero-order chi connectivity index (χ0) is 19.7. The van der Waals surface area contributed by atoms with Crippen LogP contribution in [-0.4, -0.2) is 37.6 Å². The fraction of sp³-hybridized carbons (Fsp3) is 0.619. The Hall–Kier alpha value is -2.44. The van der Waals surface area contributed by atoms with Crippen molar-refractivity contribution in [3.05, 3.63) is 24.3 Å². The van der Waals surface area contributed by atoms with Crippen molar-refractivity contribution in [3.8, 4) is 0 Å². The number of imidazole rings is 1. The van der Waals surface area contributed by atoms with Gasteiger partial charge in [0, 0.05) is 31.1 Å². The van der Waals surface area contributed by atoms with Crippen molar-refractivity contribution in [2.24, 2.45) is 18.9 Å². The molecule has 2 saturated carbocycles. The maximum Gasteiger partial charge on any atom is 0.306 e. The minimum atomic E-state index is -0.708. The molecule has 0 aromatic carbocycles.